The van der Waals surface area contributed by atoms with Gasteiger partial charge >= 0.3 is 0 Å². The van der Waals surface area contributed by atoms with E-state index in [-0.39, 0.29) is 6.54 Å². The predicted molar refractivity (Wildman–Crippen MR) is 63.6 cm³/mol. The number of methoxy groups -OCH3 is 1. The number of H-pyrrole nitrogens is 1. The number of hydrogen-bond acceptors (Lipinski definition) is 3. The van der Waals surface area contributed by atoms with Gasteiger partial charge in [0.1, 0.15) is 5.75 Å². The van der Waals surface area contributed by atoms with Gasteiger partial charge in [-0.15, -0.1) is 0 Å². The van der Waals surface area contributed by atoms with Crippen molar-refractivity contribution in [3.05, 3.63) is 29.5 Å². The molecule has 0 saturated carbocycles. The molecular formula is C12H16N2O2. The van der Waals surface area contributed by atoms with E-state index in [2.05, 4.69) is 4.98 Å². The van der Waals surface area contributed by atoms with Crippen LogP contribution < -0.4 is 10.5 Å². The lowest BCUT2D eigenvalue weighted by Gasteiger charge is -2.08. The third kappa shape index (κ3) is 1.66. The summed E-state index contributed by atoms with van der Waals surface area (Å²) in [4.78, 5) is 3.22. The molecule has 1 unspecified atom stereocenters. The summed E-state index contributed by atoms with van der Waals surface area (Å²) in [7, 11) is 1.63. The molecule has 0 amide bonds. The monoisotopic (exact) mass is 220 g/mol. The summed E-state index contributed by atoms with van der Waals surface area (Å²) in [6.07, 6.45) is -0.623. The summed E-state index contributed by atoms with van der Waals surface area (Å²) >= 11 is 0. The van der Waals surface area contributed by atoms with Crippen LogP contribution in [0.4, 0.5) is 0 Å². The minimum absolute atomic E-state index is 0.222. The second kappa shape index (κ2) is 4.15. The quantitative estimate of drug-likeness (QED) is 0.733. The molecular weight excluding hydrogens is 204 g/mol. The minimum Gasteiger partial charge on any atom is -0.497 e. The number of aliphatic hydroxyl groups excluding tert-OH is 1. The summed E-state index contributed by atoms with van der Waals surface area (Å²) in [6.45, 7) is 2.15. The summed E-state index contributed by atoms with van der Waals surface area (Å²) in [5, 5.41) is 10.8. The van der Waals surface area contributed by atoms with Crippen LogP contribution in [0.15, 0.2) is 18.2 Å². The molecule has 4 nitrogen and oxygen atoms in total. The van der Waals surface area contributed by atoms with Crippen molar-refractivity contribution >= 4 is 10.9 Å². The van der Waals surface area contributed by atoms with Gasteiger partial charge in [-0.25, -0.2) is 0 Å². The van der Waals surface area contributed by atoms with Crippen LogP contribution in [0.2, 0.25) is 0 Å². The van der Waals surface area contributed by atoms with Crippen LogP contribution in [0.25, 0.3) is 10.9 Å². The first kappa shape index (κ1) is 11.0. The SMILES string of the molecule is COc1ccc2c(C(O)CN)c(C)[nH]c2c1. The molecule has 0 bridgehead atoms. The van der Waals surface area contributed by atoms with Crippen molar-refractivity contribution in [2.75, 3.05) is 13.7 Å². The first-order valence-corrected chi connectivity index (χ1v) is 5.21. The summed E-state index contributed by atoms with van der Waals surface area (Å²) < 4.78 is 5.15. The Bertz CT molecular complexity index is 505. The van der Waals surface area contributed by atoms with Crippen LogP contribution >= 0.6 is 0 Å². The van der Waals surface area contributed by atoms with Crippen LogP contribution in [0, 0.1) is 6.92 Å². The number of hydrogen-bond donors (Lipinski definition) is 3. The Morgan fingerprint density at radius 2 is 2.25 bits per heavy atom. The van der Waals surface area contributed by atoms with Gasteiger partial charge < -0.3 is 20.6 Å². The van der Waals surface area contributed by atoms with E-state index in [0.717, 1.165) is 27.9 Å². The molecule has 4 N–H and O–H groups in total. The number of benzene rings is 1. The molecule has 1 heterocycles. The van der Waals surface area contributed by atoms with Crippen molar-refractivity contribution in [2.24, 2.45) is 5.73 Å². The van der Waals surface area contributed by atoms with Gasteiger partial charge in [-0.3, -0.25) is 0 Å². The number of aryl methyl sites for hydroxylation is 1. The molecule has 0 aliphatic carbocycles. The van der Waals surface area contributed by atoms with Gasteiger partial charge in [-0.1, -0.05) is 0 Å². The number of fused-ring (bicyclic) bond motifs is 1. The van der Waals surface area contributed by atoms with E-state index in [9.17, 15) is 5.11 Å². The molecule has 0 aliphatic heterocycles. The Morgan fingerprint density at radius 1 is 1.50 bits per heavy atom. The van der Waals surface area contributed by atoms with E-state index in [1.165, 1.54) is 0 Å². The Balaban J connectivity index is 2.62. The lowest BCUT2D eigenvalue weighted by Crippen LogP contribution is -2.12. The molecule has 4 heteroatoms. The van der Waals surface area contributed by atoms with E-state index in [0.29, 0.717) is 0 Å². The zero-order chi connectivity index (χ0) is 11.7. The van der Waals surface area contributed by atoms with Crippen LogP contribution in [0.5, 0.6) is 5.75 Å². The number of aromatic nitrogens is 1. The smallest absolute Gasteiger partial charge is 0.120 e. The van der Waals surface area contributed by atoms with Crippen molar-refractivity contribution in [2.45, 2.75) is 13.0 Å². The number of rotatable bonds is 3. The maximum atomic E-state index is 9.85. The fourth-order valence-corrected chi connectivity index (χ4v) is 2.01. The second-order valence-corrected chi connectivity index (χ2v) is 3.83. The lowest BCUT2D eigenvalue weighted by molar-refractivity contribution is 0.187. The van der Waals surface area contributed by atoms with Crippen molar-refractivity contribution < 1.29 is 9.84 Å². The van der Waals surface area contributed by atoms with Crippen molar-refractivity contribution in [1.29, 1.82) is 0 Å². The molecule has 0 aliphatic rings. The zero-order valence-electron chi connectivity index (χ0n) is 9.45. The Morgan fingerprint density at radius 3 is 2.88 bits per heavy atom. The summed E-state index contributed by atoms with van der Waals surface area (Å²) in [6, 6.07) is 5.73. The molecule has 1 atom stereocenters. The molecule has 0 fully saturated rings. The third-order valence-corrected chi connectivity index (χ3v) is 2.80. The van der Waals surface area contributed by atoms with Gasteiger partial charge in [-0.2, -0.15) is 0 Å². The van der Waals surface area contributed by atoms with Gasteiger partial charge in [0.15, 0.2) is 0 Å². The number of ether oxygens (including phenoxy) is 1. The first-order chi connectivity index (χ1) is 7.67. The summed E-state index contributed by atoms with van der Waals surface area (Å²) in [5.74, 6) is 0.794. The van der Waals surface area contributed by atoms with Gasteiger partial charge in [0.25, 0.3) is 0 Å². The van der Waals surface area contributed by atoms with Crippen molar-refractivity contribution in [1.82, 2.24) is 4.98 Å². The average molecular weight is 220 g/mol. The highest BCUT2D eigenvalue weighted by Crippen LogP contribution is 2.29. The van der Waals surface area contributed by atoms with E-state index in [1.54, 1.807) is 7.11 Å². The molecule has 1 aromatic carbocycles. The Labute approximate surface area is 94.0 Å². The van der Waals surface area contributed by atoms with Crippen LogP contribution in [0.3, 0.4) is 0 Å². The number of nitrogens with two attached hydrogens (primary N) is 1. The van der Waals surface area contributed by atoms with Gasteiger partial charge in [0.2, 0.25) is 0 Å². The predicted octanol–water partition coefficient (Wildman–Crippen LogP) is 1.48. The minimum atomic E-state index is -0.623. The van der Waals surface area contributed by atoms with Crippen LogP contribution in [-0.4, -0.2) is 23.7 Å². The Kier molecular flexibility index (Phi) is 2.85. The lowest BCUT2D eigenvalue weighted by atomic mass is 10.1. The number of nitrogens with one attached hydrogen (secondary N) is 1. The molecule has 2 aromatic rings. The maximum absolute atomic E-state index is 9.85. The second-order valence-electron chi connectivity index (χ2n) is 3.83. The fraction of sp³-hybridized carbons (Fsp3) is 0.333. The molecule has 0 radical (unpaired) electrons. The fourth-order valence-electron chi connectivity index (χ4n) is 2.01. The molecule has 2 rings (SSSR count). The van der Waals surface area contributed by atoms with Crippen LogP contribution in [-0.2, 0) is 0 Å². The van der Waals surface area contributed by atoms with E-state index >= 15 is 0 Å². The zero-order valence-corrected chi connectivity index (χ0v) is 9.45. The van der Waals surface area contributed by atoms with E-state index in [4.69, 9.17) is 10.5 Å². The molecule has 16 heavy (non-hydrogen) atoms. The molecule has 1 aromatic heterocycles. The topological polar surface area (TPSA) is 71.3 Å². The Hall–Kier alpha value is -1.52. The largest absolute Gasteiger partial charge is 0.497 e. The van der Waals surface area contributed by atoms with Gasteiger partial charge in [-0.05, 0) is 19.1 Å². The highest BCUT2D eigenvalue weighted by atomic mass is 16.5. The van der Waals surface area contributed by atoms with E-state index < -0.39 is 6.10 Å². The normalized spacial score (nSPS) is 13.0. The highest BCUT2D eigenvalue weighted by molar-refractivity contribution is 5.86. The average Bonchev–Trinajstić information content (AvgIpc) is 2.62. The molecule has 86 valence electrons. The van der Waals surface area contributed by atoms with Crippen LogP contribution in [0.1, 0.15) is 17.4 Å². The first-order valence-electron chi connectivity index (χ1n) is 5.21. The van der Waals surface area contributed by atoms with Crippen molar-refractivity contribution in [3.8, 4) is 5.75 Å². The summed E-state index contributed by atoms with van der Waals surface area (Å²) in [5.41, 5.74) is 8.27. The third-order valence-electron chi connectivity index (χ3n) is 2.80. The highest BCUT2D eigenvalue weighted by Gasteiger charge is 2.15. The molecule has 0 spiro atoms. The van der Waals surface area contributed by atoms with Gasteiger partial charge in [0, 0.05) is 34.8 Å². The maximum Gasteiger partial charge on any atom is 0.120 e. The standard InChI is InChI=1S/C12H16N2O2/c1-7-12(11(15)6-13)9-4-3-8(16-2)5-10(9)14-7/h3-5,11,14-15H,6,13H2,1-2H3. The number of aromatic amines is 1. The molecule has 0 saturated heterocycles. The van der Waals surface area contributed by atoms with Crippen molar-refractivity contribution in [3.63, 3.8) is 0 Å². The van der Waals surface area contributed by atoms with Gasteiger partial charge in [0.05, 0.1) is 13.2 Å². The van der Waals surface area contributed by atoms with E-state index in [1.807, 2.05) is 25.1 Å². The number of aliphatic hydroxyl groups is 1.